The van der Waals surface area contributed by atoms with Gasteiger partial charge in [-0.1, -0.05) is 0 Å². The third kappa shape index (κ3) is 3.18. The number of carboxylic acids is 1. The number of rotatable bonds is 4. The number of alkyl halides is 3. The first-order valence-electron chi connectivity index (χ1n) is 4.29. The average molecular weight is 332 g/mol. The van der Waals surface area contributed by atoms with Gasteiger partial charge in [0.05, 0.1) is 17.8 Å². The summed E-state index contributed by atoms with van der Waals surface area (Å²) in [5.74, 6) is -5.43. The van der Waals surface area contributed by atoms with E-state index in [1.54, 1.807) is 0 Å². The van der Waals surface area contributed by atoms with E-state index in [9.17, 15) is 28.1 Å². The van der Waals surface area contributed by atoms with Crippen molar-refractivity contribution in [2.45, 2.75) is 12.7 Å². The van der Waals surface area contributed by atoms with Gasteiger partial charge in [0, 0.05) is 0 Å². The SMILES string of the molecule is O=C(O)C(Cn1cc(Br)c([N+](=O)[O-])n1)C(F)(F)F. The fourth-order valence-electron chi connectivity index (χ4n) is 1.11. The fraction of sp³-hybridized carbons (Fsp3) is 0.429. The van der Waals surface area contributed by atoms with Crippen LogP contribution in [0.25, 0.3) is 0 Å². The van der Waals surface area contributed by atoms with Crippen molar-refractivity contribution < 1.29 is 28.0 Å². The lowest BCUT2D eigenvalue weighted by Crippen LogP contribution is -2.34. The molecule has 0 spiro atoms. The van der Waals surface area contributed by atoms with Gasteiger partial charge in [-0.05, 0) is 20.9 Å². The summed E-state index contributed by atoms with van der Waals surface area (Å²) >= 11 is 2.74. The van der Waals surface area contributed by atoms with Crippen molar-refractivity contribution in [1.82, 2.24) is 9.78 Å². The summed E-state index contributed by atoms with van der Waals surface area (Å²) in [4.78, 5) is 20.0. The molecule has 1 atom stereocenters. The van der Waals surface area contributed by atoms with E-state index in [1.807, 2.05) is 0 Å². The van der Waals surface area contributed by atoms with E-state index in [0.717, 1.165) is 6.20 Å². The van der Waals surface area contributed by atoms with E-state index in [4.69, 9.17) is 5.11 Å². The van der Waals surface area contributed by atoms with Gasteiger partial charge < -0.3 is 15.2 Å². The molecule has 0 aliphatic heterocycles. The first-order chi connectivity index (χ1) is 8.12. The van der Waals surface area contributed by atoms with Crippen molar-refractivity contribution in [2.75, 3.05) is 0 Å². The monoisotopic (exact) mass is 331 g/mol. The Balaban J connectivity index is 2.99. The standard InChI is InChI=1S/C7H5BrF3N3O4/c8-4-2-13(12-5(4)14(17)18)1-3(6(15)16)7(9,10)11/h2-3H,1H2,(H,15,16). The van der Waals surface area contributed by atoms with Gasteiger partial charge in [-0.25, -0.2) is 0 Å². The molecule has 18 heavy (non-hydrogen) atoms. The van der Waals surface area contributed by atoms with E-state index in [-0.39, 0.29) is 4.47 Å². The number of nitrogens with zero attached hydrogens (tertiary/aromatic N) is 3. The summed E-state index contributed by atoms with van der Waals surface area (Å²) in [5, 5.41) is 22.1. The smallest absolute Gasteiger partial charge is 0.404 e. The molecule has 0 amide bonds. The number of carbonyl (C=O) groups is 1. The summed E-state index contributed by atoms with van der Waals surface area (Å²) in [6.07, 6.45) is -4.04. The Kier molecular flexibility index (Phi) is 3.94. The first kappa shape index (κ1) is 14.4. The summed E-state index contributed by atoms with van der Waals surface area (Å²) in [6.45, 7) is -1.04. The van der Waals surface area contributed by atoms with Gasteiger partial charge in [0.25, 0.3) is 0 Å². The van der Waals surface area contributed by atoms with Crippen LogP contribution >= 0.6 is 15.9 Å². The van der Waals surface area contributed by atoms with Gasteiger partial charge in [0.1, 0.15) is 4.47 Å². The Bertz CT molecular complexity index is 487. The molecule has 1 rings (SSSR count). The number of hydrogen-bond acceptors (Lipinski definition) is 4. The molecule has 1 heterocycles. The fourth-order valence-corrected chi connectivity index (χ4v) is 1.57. The van der Waals surface area contributed by atoms with Crippen molar-refractivity contribution >= 4 is 27.7 Å². The van der Waals surface area contributed by atoms with Crippen LogP contribution < -0.4 is 0 Å². The second-order valence-corrected chi connectivity index (χ2v) is 4.07. The largest absolute Gasteiger partial charge is 0.481 e. The molecule has 0 fully saturated rings. The quantitative estimate of drug-likeness (QED) is 0.670. The Morgan fingerprint density at radius 3 is 2.56 bits per heavy atom. The van der Waals surface area contributed by atoms with Crippen LogP contribution in [0.1, 0.15) is 0 Å². The number of nitro groups is 1. The van der Waals surface area contributed by atoms with Gasteiger partial charge >= 0.3 is 18.0 Å². The van der Waals surface area contributed by atoms with Crippen LogP contribution in [0, 0.1) is 16.0 Å². The number of hydrogen-bond donors (Lipinski definition) is 1. The van der Waals surface area contributed by atoms with Gasteiger partial charge in [-0.2, -0.15) is 17.9 Å². The van der Waals surface area contributed by atoms with E-state index in [2.05, 4.69) is 21.0 Å². The number of halogens is 4. The highest BCUT2D eigenvalue weighted by atomic mass is 79.9. The second-order valence-electron chi connectivity index (χ2n) is 3.21. The molecule has 1 aromatic rings. The molecule has 1 unspecified atom stereocenters. The third-order valence-electron chi connectivity index (χ3n) is 1.93. The Labute approximate surface area is 105 Å². The van der Waals surface area contributed by atoms with Crippen molar-refractivity contribution in [2.24, 2.45) is 5.92 Å². The van der Waals surface area contributed by atoms with Gasteiger partial charge in [-0.15, -0.1) is 0 Å². The van der Waals surface area contributed by atoms with Crippen molar-refractivity contribution in [1.29, 1.82) is 0 Å². The molecule has 100 valence electrons. The zero-order chi connectivity index (χ0) is 14.1. The number of aliphatic carboxylic acids is 1. The number of aromatic nitrogens is 2. The van der Waals surface area contributed by atoms with Gasteiger partial charge in [0.15, 0.2) is 5.92 Å². The van der Waals surface area contributed by atoms with Crippen LogP contribution in [0.4, 0.5) is 19.0 Å². The van der Waals surface area contributed by atoms with Crippen LogP contribution in [-0.2, 0) is 11.3 Å². The molecule has 0 aliphatic carbocycles. The van der Waals surface area contributed by atoms with Gasteiger partial charge in [0.2, 0.25) is 0 Å². The molecule has 11 heteroatoms. The number of carboxylic acid groups (broad SMARTS) is 1. The minimum absolute atomic E-state index is 0.126. The third-order valence-corrected chi connectivity index (χ3v) is 2.49. The highest BCUT2D eigenvalue weighted by Crippen LogP contribution is 2.29. The lowest BCUT2D eigenvalue weighted by molar-refractivity contribution is -0.390. The van der Waals surface area contributed by atoms with Crippen molar-refractivity contribution in [3.63, 3.8) is 0 Å². The molecule has 0 aliphatic rings. The topological polar surface area (TPSA) is 98.3 Å². The lowest BCUT2D eigenvalue weighted by Gasteiger charge is -2.14. The normalized spacial score (nSPS) is 13.3. The van der Waals surface area contributed by atoms with Crippen LogP contribution in [0.2, 0.25) is 0 Å². The Hall–Kier alpha value is -1.65. The van der Waals surface area contributed by atoms with Crippen LogP contribution in [0.3, 0.4) is 0 Å². The van der Waals surface area contributed by atoms with Crippen LogP contribution in [0.15, 0.2) is 10.7 Å². The maximum absolute atomic E-state index is 12.4. The molecule has 0 aromatic carbocycles. The van der Waals surface area contributed by atoms with Crippen LogP contribution in [0.5, 0.6) is 0 Å². The minimum Gasteiger partial charge on any atom is -0.481 e. The molecule has 0 saturated heterocycles. The average Bonchev–Trinajstić information content (AvgIpc) is 2.53. The molecule has 0 radical (unpaired) electrons. The summed E-state index contributed by atoms with van der Waals surface area (Å²) in [7, 11) is 0. The lowest BCUT2D eigenvalue weighted by atomic mass is 10.1. The second kappa shape index (κ2) is 4.92. The predicted octanol–water partition coefficient (Wildman–Crippen LogP) is 1.82. The Morgan fingerprint density at radius 2 is 2.22 bits per heavy atom. The molecular formula is C7H5BrF3N3O4. The Morgan fingerprint density at radius 1 is 1.67 bits per heavy atom. The molecule has 0 bridgehead atoms. The van der Waals surface area contributed by atoms with E-state index in [1.165, 1.54) is 0 Å². The zero-order valence-electron chi connectivity index (χ0n) is 8.39. The highest BCUT2D eigenvalue weighted by Gasteiger charge is 2.46. The van der Waals surface area contributed by atoms with E-state index >= 15 is 0 Å². The zero-order valence-corrected chi connectivity index (χ0v) is 9.97. The van der Waals surface area contributed by atoms with E-state index < -0.39 is 35.3 Å². The molecule has 1 aromatic heterocycles. The summed E-state index contributed by atoms with van der Waals surface area (Å²) < 4.78 is 37.5. The maximum Gasteiger partial charge on any atom is 0.404 e. The summed E-state index contributed by atoms with van der Waals surface area (Å²) in [6, 6.07) is 0. The minimum atomic E-state index is -4.96. The summed E-state index contributed by atoms with van der Waals surface area (Å²) in [5.41, 5.74) is 0. The molecule has 7 nitrogen and oxygen atoms in total. The van der Waals surface area contributed by atoms with Crippen LogP contribution in [-0.4, -0.2) is 32.0 Å². The first-order valence-corrected chi connectivity index (χ1v) is 5.09. The maximum atomic E-state index is 12.4. The van der Waals surface area contributed by atoms with Crippen molar-refractivity contribution in [3.05, 3.63) is 20.8 Å². The van der Waals surface area contributed by atoms with Crippen molar-refractivity contribution in [3.8, 4) is 0 Å². The molecule has 0 saturated carbocycles. The molecule has 1 N–H and O–H groups in total. The predicted molar refractivity (Wildman–Crippen MR) is 53.8 cm³/mol. The highest BCUT2D eigenvalue weighted by molar-refractivity contribution is 9.10. The van der Waals surface area contributed by atoms with Gasteiger partial charge in [-0.3, -0.25) is 4.79 Å². The molecular weight excluding hydrogens is 327 g/mol. The van der Waals surface area contributed by atoms with E-state index in [0.29, 0.717) is 4.68 Å².